The lowest BCUT2D eigenvalue weighted by Crippen LogP contribution is -2.11. The quantitative estimate of drug-likeness (QED) is 0.776. The Labute approximate surface area is 145 Å². The molecule has 4 rings (SSSR count). The number of rotatable bonds is 4. The van der Waals surface area contributed by atoms with Gasteiger partial charge in [0.15, 0.2) is 0 Å². The van der Waals surface area contributed by atoms with Gasteiger partial charge in [0.25, 0.3) is 0 Å². The van der Waals surface area contributed by atoms with E-state index in [1.54, 1.807) is 12.1 Å². The highest BCUT2D eigenvalue weighted by molar-refractivity contribution is 7.89. The number of primary sulfonamides is 1. The van der Waals surface area contributed by atoms with Gasteiger partial charge in [0.1, 0.15) is 0 Å². The van der Waals surface area contributed by atoms with Crippen molar-refractivity contribution < 1.29 is 12.9 Å². The molecule has 128 valence electrons. The molecular weight excluding hydrogens is 338 g/mol. The van der Waals surface area contributed by atoms with E-state index in [-0.39, 0.29) is 16.7 Å². The summed E-state index contributed by atoms with van der Waals surface area (Å²) in [6, 6.07) is 16.4. The van der Waals surface area contributed by atoms with E-state index in [4.69, 9.17) is 9.66 Å². The fraction of sp³-hybridized carbons (Fsp3) is 0.222. The lowest BCUT2D eigenvalue weighted by Gasteiger charge is -2.01. The predicted octanol–water partition coefficient (Wildman–Crippen LogP) is 2.90. The van der Waals surface area contributed by atoms with Crippen molar-refractivity contribution >= 4 is 10.0 Å². The number of hydrogen-bond donors (Lipinski definition) is 1. The minimum absolute atomic E-state index is 0.116. The zero-order chi connectivity index (χ0) is 17.6. The number of hydrogen-bond acceptors (Lipinski definition) is 5. The van der Waals surface area contributed by atoms with Gasteiger partial charge >= 0.3 is 0 Å². The van der Waals surface area contributed by atoms with Crippen LogP contribution in [-0.2, 0) is 10.0 Å². The standard InChI is InChI=1S/C18H17N3O3S/c1-11-15(12-7-9-14(10-8-12)25(19,22)23)16(11)18-20-17(21-24-18)13-5-3-2-4-6-13/h2-11,15-16H,1H3,(H2,19,22,23). The maximum absolute atomic E-state index is 11.4. The second-order valence-corrected chi connectivity index (χ2v) is 7.91. The summed E-state index contributed by atoms with van der Waals surface area (Å²) in [6.45, 7) is 2.12. The minimum Gasteiger partial charge on any atom is -0.339 e. The van der Waals surface area contributed by atoms with Crippen molar-refractivity contribution in [3.05, 3.63) is 66.1 Å². The highest BCUT2D eigenvalue weighted by atomic mass is 32.2. The van der Waals surface area contributed by atoms with Gasteiger partial charge in [-0.3, -0.25) is 0 Å². The minimum atomic E-state index is -3.67. The fourth-order valence-electron chi connectivity index (χ4n) is 3.31. The first-order chi connectivity index (χ1) is 11.9. The molecule has 6 nitrogen and oxygen atoms in total. The average molecular weight is 355 g/mol. The molecule has 1 aliphatic carbocycles. The van der Waals surface area contributed by atoms with Crippen LogP contribution in [0.5, 0.6) is 0 Å². The maximum Gasteiger partial charge on any atom is 0.238 e. The Balaban J connectivity index is 1.57. The third-order valence-corrected chi connectivity index (χ3v) is 5.66. The van der Waals surface area contributed by atoms with E-state index in [9.17, 15) is 8.42 Å². The van der Waals surface area contributed by atoms with Gasteiger partial charge in [-0.15, -0.1) is 0 Å². The van der Waals surface area contributed by atoms with Crippen molar-refractivity contribution in [1.29, 1.82) is 0 Å². The van der Waals surface area contributed by atoms with Crippen LogP contribution in [-0.4, -0.2) is 18.6 Å². The number of benzene rings is 2. The molecule has 0 aliphatic heterocycles. The first-order valence-electron chi connectivity index (χ1n) is 7.97. The Morgan fingerprint density at radius 2 is 1.68 bits per heavy atom. The molecule has 2 N–H and O–H groups in total. The molecule has 0 spiro atoms. The third-order valence-electron chi connectivity index (χ3n) is 4.73. The molecule has 25 heavy (non-hydrogen) atoms. The lowest BCUT2D eigenvalue weighted by atomic mass is 10.1. The van der Waals surface area contributed by atoms with Crippen molar-refractivity contribution in [3.63, 3.8) is 0 Å². The zero-order valence-corrected chi connectivity index (χ0v) is 14.3. The predicted molar refractivity (Wildman–Crippen MR) is 92.2 cm³/mol. The molecule has 0 radical (unpaired) electrons. The molecule has 0 saturated heterocycles. The van der Waals surface area contributed by atoms with E-state index in [1.807, 2.05) is 30.3 Å². The highest BCUT2D eigenvalue weighted by Gasteiger charge is 2.52. The van der Waals surface area contributed by atoms with Crippen LogP contribution in [0.4, 0.5) is 0 Å². The Bertz CT molecular complexity index is 998. The van der Waals surface area contributed by atoms with E-state index < -0.39 is 10.0 Å². The second-order valence-electron chi connectivity index (χ2n) is 6.35. The monoisotopic (exact) mass is 355 g/mol. The summed E-state index contributed by atoms with van der Waals surface area (Å²) >= 11 is 0. The average Bonchev–Trinajstić information content (AvgIpc) is 3.05. The van der Waals surface area contributed by atoms with Gasteiger partial charge in [0.2, 0.25) is 21.7 Å². The molecule has 1 fully saturated rings. The molecular formula is C18H17N3O3S. The Kier molecular flexibility index (Phi) is 3.70. The second kappa shape index (κ2) is 5.79. The number of aromatic nitrogens is 2. The summed E-state index contributed by atoms with van der Waals surface area (Å²) < 4.78 is 28.2. The van der Waals surface area contributed by atoms with Gasteiger partial charge in [-0.05, 0) is 29.5 Å². The van der Waals surface area contributed by atoms with Crippen molar-refractivity contribution in [1.82, 2.24) is 10.1 Å². The number of nitrogens with two attached hydrogens (primary N) is 1. The first kappa shape index (κ1) is 16.0. The van der Waals surface area contributed by atoms with Crippen molar-refractivity contribution in [2.24, 2.45) is 11.1 Å². The van der Waals surface area contributed by atoms with Gasteiger partial charge in [-0.25, -0.2) is 13.6 Å². The van der Waals surface area contributed by atoms with E-state index in [0.29, 0.717) is 17.6 Å². The zero-order valence-electron chi connectivity index (χ0n) is 13.5. The van der Waals surface area contributed by atoms with Gasteiger partial charge < -0.3 is 4.52 Å². The molecule has 3 atom stereocenters. The summed E-state index contributed by atoms with van der Waals surface area (Å²) in [6.07, 6.45) is 0. The van der Waals surface area contributed by atoms with Crippen LogP contribution in [0, 0.1) is 5.92 Å². The topological polar surface area (TPSA) is 99.1 Å². The van der Waals surface area contributed by atoms with Crippen LogP contribution in [0.15, 0.2) is 64.0 Å². The molecule has 3 unspecified atom stereocenters. The van der Waals surface area contributed by atoms with E-state index in [1.165, 1.54) is 12.1 Å². The largest absolute Gasteiger partial charge is 0.339 e. The van der Waals surface area contributed by atoms with Crippen LogP contribution in [0.3, 0.4) is 0 Å². The lowest BCUT2D eigenvalue weighted by molar-refractivity contribution is 0.376. The van der Waals surface area contributed by atoms with Crippen molar-refractivity contribution in [3.8, 4) is 11.4 Å². The molecule has 0 amide bonds. The Morgan fingerprint density at radius 1 is 1.00 bits per heavy atom. The molecule has 7 heteroatoms. The van der Waals surface area contributed by atoms with Crippen LogP contribution in [0.2, 0.25) is 0 Å². The van der Waals surface area contributed by atoms with Gasteiger partial charge in [0.05, 0.1) is 4.90 Å². The van der Waals surface area contributed by atoms with Crippen LogP contribution >= 0.6 is 0 Å². The molecule has 1 aliphatic rings. The van der Waals surface area contributed by atoms with Crippen molar-refractivity contribution in [2.75, 3.05) is 0 Å². The molecule has 1 saturated carbocycles. The van der Waals surface area contributed by atoms with Gasteiger partial charge in [0, 0.05) is 11.5 Å². The summed E-state index contributed by atoms with van der Waals surface area (Å²) in [7, 11) is -3.67. The molecule has 0 bridgehead atoms. The summed E-state index contributed by atoms with van der Waals surface area (Å²) in [5.41, 5.74) is 1.96. The van der Waals surface area contributed by atoms with Crippen LogP contribution in [0.1, 0.15) is 30.2 Å². The summed E-state index contributed by atoms with van der Waals surface area (Å²) in [5.74, 6) is 1.93. The molecule has 1 heterocycles. The maximum atomic E-state index is 11.4. The fourth-order valence-corrected chi connectivity index (χ4v) is 3.82. The SMILES string of the molecule is CC1C(c2ccc(S(N)(=O)=O)cc2)C1c1nc(-c2ccccc2)no1. The summed E-state index contributed by atoms with van der Waals surface area (Å²) in [5, 5.41) is 9.22. The molecule has 3 aromatic rings. The van der Waals surface area contributed by atoms with E-state index in [0.717, 1.165) is 11.1 Å². The van der Waals surface area contributed by atoms with Crippen molar-refractivity contribution in [2.45, 2.75) is 23.7 Å². The summed E-state index contributed by atoms with van der Waals surface area (Å²) in [4.78, 5) is 4.65. The first-order valence-corrected chi connectivity index (χ1v) is 9.51. The molecule has 2 aromatic carbocycles. The number of nitrogens with zero attached hydrogens (tertiary/aromatic N) is 2. The van der Waals surface area contributed by atoms with E-state index in [2.05, 4.69) is 17.1 Å². The Morgan fingerprint density at radius 3 is 2.32 bits per heavy atom. The highest BCUT2D eigenvalue weighted by Crippen LogP contribution is 2.59. The Hall–Kier alpha value is -2.51. The molecule has 1 aromatic heterocycles. The normalized spacial score (nSPS) is 22.7. The third kappa shape index (κ3) is 2.96. The van der Waals surface area contributed by atoms with E-state index >= 15 is 0 Å². The number of sulfonamides is 1. The smallest absolute Gasteiger partial charge is 0.238 e. The van der Waals surface area contributed by atoms with Crippen LogP contribution < -0.4 is 5.14 Å². The van der Waals surface area contributed by atoms with Gasteiger partial charge in [-0.1, -0.05) is 54.5 Å². The van der Waals surface area contributed by atoms with Crippen LogP contribution in [0.25, 0.3) is 11.4 Å². The van der Waals surface area contributed by atoms with Gasteiger partial charge in [-0.2, -0.15) is 4.98 Å².